The predicted octanol–water partition coefficient (Wildman–Crippen LogP) is 21.5. The van der Waals surface area contributed by atoms with Gasteiger partial charge in [-0.15, -0.1) is 0 Å². The van der Waals surface area contributed by atoms with Gasteiger partial charge in [0.15, 0.2) is 6.10 Å². The molecule has 1 unspecified atom stereocenters. The molecule has 0 spiro atoms. The normalized spacial score (nSPS) is 12.6. The fourth-order valence-electron chi connectivity index (χ4n) is 8.92. The fourth-order valence-corrected chi connectivity index (χ4v) is 8.92. The third-order valence-electron chi connectivity index (χ3n) is 13.6. The summed E-state index contributed by atoms with van der Waals surface area (Å²) in [5, 5.41) is 0. The Morgan fingerprint density at radius 3 is 0.892 bits per heavy atom. The van der Waals surface area contributed by atoms with Crippen molar-refractivity contribution < 1.29 is 28.6 Å². The van der Waals surface area contributed by atoms with Gasteiger partial charge in [0.05, 0.1) is 0 Å². The standard InChI is InChI=1S/C68H118O6/c1-4-7-10-13-16-19-22-24-26-28-30-31-32-33-34-35-36-37-39-40-42-44-46-49-52-55-58-61-67(70)73-64-65(63-72-66(69)60-57-54-51-48-21-18-15-12-9-6-3)74-68(71)62-59-56-53-50-47-45-43-41-38-29-27-25-23-20-17-14-11-8-5-2/h7,10,12,15-16,19,24,26,30-31,33-34,36-37,65H,4-6,8-9,11,13-14,17-18,20-23,25,27-29,32,35,38-64H2,1-3H3/b10-7-,15-12-,19-16-,26-24-,31-30-,34-33-,37-36-. The topological polar surface area (TPSA) is 78.9 Å². The van der Waals surface area contributed by atoms with Crippen molar-refractivity contribution in [3.8, 4) is 0 Å². The van der Waals surface area contributed by atoms with Crippen LogP contribution in [0.15, 0.2) is 85.1 Å². The molecule has 0 amide bonds. The molecular formula is C68H118O6. The Labute approximate surface area is 458 Å². The number of carbonyl (C=O) groups excluding carboxylic acids is 3. The molecule has 6 heteroatoms. The van der Waals surface area contributed by atoms with Gasteiger partial charge in [-0.05, 0) is 89.9 Å². The van der Waals surface area contributed by atoms with Crippen LogP contribution in [-0.2, 0) is 28.6 Å². The average molecular weight is 1030 g/mol. The maximum atomic E-state index is 12.9. The van der Waals surface area contributed by atoms with Crippen LogP contribution >= 0.6 is 0 Å². The molecule has 0 N–H and O–H groups in total. The average Bonchev–Trinajstić information content (AvgIpc) is 3.40. The zero-order chi connectivity index (χ0) is 53.6. The van der Waals surface area contributed by atoms with Crippen LogP contribution in [-0.4, -0.2) is 37.2 Å². The van der Waals surface area contributed by atoms with E-state index in [0.29, 0.717) is 19.3 Å². The molecule has 0 rings (SSSR count). The first-order valence-electron chi connectivity index (χ1n) is 31.6. The van der Waals surface area contributed by atoms with Crippen LogP contribution in [0.1, 0.15) is 310 Å². The summed E-state index contributed by atoms with van der Waals surface area (Å²) in [6.45, 7) is 6.48. The van der Waals surface area contributed by atoms with Crippen molar-refractivity contribution in [1.82, 2.24) is 0 Å². The lowest BCUT2D eigenvalue weighted by Gasteiger charge is -2.18. The summed E-state index contributed by atoms with van der Waals surface area (Å²) in [5.41, 5.74) is 0. The number of esters is 3. The van der Waals surface area contributed by atoms with Gasteiger partial charge in [-0.3, -0.25) is 14.4 Å². The molecule has 0 radical (unpaired) electrons. The van der Waals surface area contributed by atoms with Crippen LogP contribution in [0.25, 0.3) is 0 Å². The molecule has 0 saturated carbocycles. The maximum Gasteiger partial charge on any atom is 0.306 e. The van der Waals surface area contributed by atoms with Gasteiger partial charge in [-0.1, -0.05) is 286 Å². The van der Waals surface area contributed by atoms with E-state index in [1.165, 1.54) is 154 Å². The number of ether oxygens (including phenoxy) is 3. The highest BCUT2D eigenvalue weighted by atomic mass is 16.6. The van der Waals surface area contributed by atoms with Crippen LogP contribution in [0.2, 0.25) is 0 Å². The Morgan fingerprint density at radius 1 is 0.284 bits per heavy atom. The highest BCUT2D eigenvalue weighted by Crippen LogP contribution is 2.17. The Hall–Kier alpha value is -3.41. The van der Waals surface area contributed by atoms with E-state index in [9.17, 15) is 14.4 Å². The summed E-state index contributed by atoms with van der Waals surface area (Å²) >= 11 is 0. The lowest BCUT2D eigenvalue weighted by molar-refractivity contribution is -0.167. The quantitative estimate of drug-likeness (QED) is 0.0261. The lowest BCUT2D eigenvalue weighted by atomic mass is 10.0. The molecule has 0 bridgehead atoms. The van der Waals surface area contributed by atoms with E-state index in [-0.39, 0.29) is 31.1 Å². The minimum atomic E-state index is -0.782. The van der Waals surface area contributed by atoms with Crippen molar-refractivity contribution in [2.24, 2.45) is 0 Å². The second kappa shape index (κ2) is 62.1. The second-order valence-corrected chi connectivity index (χ2v) is 20.9. The zero-order valence-corrected chi connectivity index (χ0v) is 48.8. The highest BCUT2D eigenvalue weighted by molar-refractivity contribution is 5.71. The van der Waals surface area contributed by atoms with Gasteiger partial charge in [0.2, 0.25) is 0 Å². The van der Waals surface area contributed by atoms with Crippen molar-refractivity contribution in [2.45, 2.75) is 316 Å². The van der Waals surface area contributed by atoms with Gasteiger partial charge < -0.3 is 14.2 Å². The number of unbranched alkanes of at least 4 members (excludes halogenated alkanes) is 32. The molecule has 0 aliphatic heterocycles. The molecular weight excluding hydrogens is 913 g/mol. The third kappa shape index (κ3) is 59.5. The first-order chi connectivity index (χ1) is 36.5. The van der Waals surface area contributed by atoms with E-state index in [1.54, 1.807) is 0 Å². The Bertz CT molecular complexity index is 1420. The summed E-state index contributed by atoms with van der Waals surface area (Å²) in [5.74, 6) is -0.887. The van der Waals surface area contributed by atoms with Crippen molar-refractivity contribution in [1.29, 1.82) is 0 Å². The molecule has 0 aliphatic carbocycles. The maximum absolute atomic E-state index is 12.9. The van der Waals surface area contributed by atoms with E-state index in [1.807, 2.05) is 0 Å². The number of carbonyl (C=O) groups is 3. The smallest absolute Gasteiger partial charge is 0.306 e. The van der Waals surface area contributed by atoms with Crippen LogP contribution < -0.4 is 0 Å². The van der Waals surface area contributed by atoms with Crippen molar-refractivity contribution in [2.75, 3.05) is 13.2 Å². The minimum Gasteiger partial charge on any atom is -0.462 e. The fraction of sp³-hybridized carbons (Fsp3) is 0.750. The molecule has 0 aromatic rings. The van der Waals surface area contributed by atoms with Gasteiger partial charge in [-0.2, -0.15) is 0 Å². The van der Waals surface area contributed by atoms with Crippen LogP contribution in [0.5, 0.6) is 0 Å². The largest absolute Gasteiger partial charge is 0.462 e. The molecule has 0 aliphatic rings. The van der Waals surface area contributed by atoms with Gasteiger partial charge in [-0.25, -0.2) is 0 Å². The van der Waals surface area contributed by atoms with Crippen molar-refractivity contribution >= 4 is 17.9 Å². The van der Waals surface area contributed by atoms with Gasteiger partial charge in [0.1, 0.15) is 13.2 Å². The summed E-state index contributed by atoms with van der Waals surface area (Å²) in [6.07, 6.45) is 81.7. The molecule has 0 heterocycles. The van der Waals surface area contributed by atoms with Crippen LogP contribution in [0.3, 0.4) is 0 Å². The summed E-state index contributed by atoms with van der Waals surface area (Å²) in [6, 6.07) is 0. The molecule has 74 heavy (non-hydrogen) atoms. The first kappa shape index (κ1) is 70.6. The molecule has 0 saturated heterocycles. The zero-order valence-electron chi connectivity index (χ0n) is 48.8. The second-order valence-electron chi connectivity index (χ2n) is 20.9. The number of hydrogen-bond donors (Lipinski definition) is 0. The van der Waals surface area contributed by atoms with Crippen molar-refractivity contribution in [3.63, 3.8) is 0 Å². The minimum absolute atomic E-state index is 0.0808. The van der Waals surface area contributed by atoms with Crippen molar-refractivity contribution in [3.05, 3.63) is 85.1 Å². The van der Waals surface area contributed by atoms with Crippen LogP contribution in [0.4, 0.5) is 0 Å². The SMILES string of the molecule is CC/C=C\C/C=C\C/C=C\C/C=C\C/C=C\C/C=C\CCCCCCCCCCC(=O)OCC(COC(=O)CCCCCCC/C=C\CCC)OC(=O)CCCCCCCCCCCCCCCCCCCCC. The third-order valence-corrected chi connectivity index (χ3v) is 13.6. The molecule has 6 nitrogen and oxygen atoms in total. The Balaban J connectivity index is 4.25. The number of hydrogen-bond acceptors (Lipinski definition) is 6. The monoisotopic (exact) mass is 1030 g/mol. The van der Waals surface area contributed by atoms with Gasteiger partial charge >= 0.3 is 17.9 Å². The molecule has 1 atom stereocenters. The molecule has 0 aromatic heterocycles. The number of rotatable bonds is 57. The van der Waals surface area contributed by atoms with Crippen LogP contribution in [0, 0.1) is 0 Å². The van der Waals surface area contributed by atoms with E-state index < -0.39 is 6.10 Å². The summed E-state index contributed by atoms with van der Waals surface area (Å²) < 4.78 is 16.9. The first-order valence-corrected chi connectivity index (χ1v) is 31.6. The van der Waals surface area contributed by atoms with Gasteiger partial charge in [0.25, 0.3) is 0 Å². The Morgan fingerprint density at radius 2 is 0.554 bits per heavy atom. The van der Waals surface area contributed by atoms with E-state index in [0.717, 1.165) is 116 Å². The van der Waals surface area contributed by atoms with E-state index in [4.69, 9.17) is 14.2 Å². The predicted molar refractivity (Wildman–Crippen MR) is 321 cm³/mol. The molecule has 426 valence electrons. The molecule has 0 fully saturated rings. The van der Waals surface area contributed by atoms with E-state index in [2.05, 4.69) is 106 Å². The summed E-state index contributed by atoms with van der Waals surface area (Å²) in [4.78, 5) is 38.2. The molecule has 0 aromatic carbocycles. The number of allylic oxidation sites excluding steroid dienone is 14. The van der Waals surface area contributed by atoms with E-state index >= 15 is 0 Å². The summed E-state index contributed by atoms with van der Waals surface area (Å²) in [7, 11) is 0. The highest BCUT2D eigenvalue weighted by Gasteiger charge is 2.19. The Kier molecular flexibility index (Phi) is 59.3. The lowest BCUT2D eigenvalue weighted by Crippen LogP contribution is -2.30. The van der Waals surface area contributed by atoms with Gasteiger partial charge in [0, 0.05) is 19.3 Å².